The van der Waals surface area contributed by atoms with E-state index in [4.69, 9.17) is 34.2 Å². The second-order valence-electron chi connectivity index (χ2n) is 9.35. The van der Waals surface area contributed by atoms with Gasteiger partial charge in [-0.1, -0.05) is 0 Å². The van der Waals surface area contributed by atoms with Crippen molar-refractivity contribution < 1.29 is 43.1 Å². The van der Waals surface area contributed by atoms with Crippen molar-refractivity contribution in [2.24, 2.45) is 11.8 Å². The number of benzene rings is 3. The maximum Gasteiger partial charge on any atom is 0.338 e. The predicted molar refractivity (Wildman–Crippen MR) is 133 cm³/mol. The zero-order valence-electron chi connectivity index (χ0n) is 20.6. The van der Waals surface area contributed by atoms with Gasteiger partial charge in [-0.2, -0.15) is 0 Å². The first kappa shape index (κ1) is 23.8. The lowest BCUT2D eigenvalue weighted by molar-refractivity contribution is -0.141. The molecule has 0 amide bonds. The highest BCUT2D eigenvalue weighted by atomic mass is 16.7. The number of ether oxygens (including phenoxy) is 6. The molecule has 196 valence electrons. The van der Waals surface area contributed by atoms with Crippen LogP contribution in [0, 0.1) is 11.8 Å². The number of aromatic hydroxyl groups is 1. The summed E-state index contributed by atoms with van der Waals surface area (Å²) in [6, 6.07) is 13.4. The number of anilines is 1. The fraction of sp³-hybridized carbons (Fsp3) is 0.286. The summed E-state index contributed by atoms with van der Waals surface area (Å²) in [5, 5.41) is 10.5. The third-order valence-electron chi connectivity index (χ3n) is 7.36. The molecule has 10 nitrogen and oxygen atoms in total. The minimum Gasteiger partial charge on any atom is -0.502 e. The Labute approximate surface area is 217 Å². The molecule has 10 heteroatoms. The monoisotopic (exact) mass is 519 g/mol. The maximum atomic E-state index is 13.2. The molecule has 0 aromatic heterocycles. The van der Waals surface area contributed by atoms with Crippen LogP contribution in [-0.2, 0) is 14.3 Å². The van der Waals surface area contributed by atoms with Crippen LogP contribution < -0.4 is 24.7 Å². The average Bonchev–Trinajstić information content (AvgIpc) is 3.54. The molecule has 0 radical (unpaired) electrons. The van der Waals surface area contributed by atoms with Crippen molar-refractivity contribution in [2.75, 3.05) is 33.4 Å². The van der Waals surface area contributed by atoms with Gasteiger partial charge < -0.3 is 39.3 Å². The fourth-order valence-corrected chi connectivity index (χ4v) is 5.56. The Morgan fingerprint density at radius 2 is 1.58 bits per heavy atom. The van der Waals surface area contributed by atoms with E-state index in [0.717, 1.165) is 0 Å². The normalized spacial score (nSPS) is 22.7. The molecule has 2 heterocycles. The van der Waals surface area contributed by atoms with E-state index >= 15 is 0 Å². The number of methoxy groups -OCH3 is 2. The molecule has 2 aliphatic heterocycles. The quantitative estimate of drug-likeness (QED) is 0.380. The van der Waals surface area contributed by atoms with Crippen LogP contribution in [0.5, 0.6) is 28.7 Å². The Balaban J connectivity index is 1.51. The topological polar surface area (TPSA) is 136 Å². The number of fused-ring (bicyclic) bond motifs is 3. The first-order chi connectivity index (χ1) is 18.4. The fourth-order valence-electron chi connectivity index (χ4n) is 5.56. The van der Waals surface area contributed by atoms with Crippen LogP contribution in [0.3, 0.4) is 0 Å². The van der Waals surface area contributed by atoms with E-state index in [0.29, 0.717) is 39.4 Å². The predicted octanol–water partition coefficient (Wildman–Crippen LogP) is 3.55. The largest absolute Gasteiger partial charge is 0.502 e. The van der Waals surface area contributed by atoms with E-state index in [1.165, 1.54) is 14.2 Å². The average molecular weight is 520 g/mol. The van der Waals surface area contributed by atoms with E-state index in [2.05, 4.69) is 0 Å². The van der Waals surface area contributed by atoms with Gasteiger partial charge in [0.15, 0.2) is 23.0 Å². The summed E-state index contributed by atoms with van der Waals surface area (Å²) in [4.78, 5) is 26.4. The molecule has 3 N–H and O–H groups in total. The number of esters is 2. The van der Waals surface area contributed by atoms with Gasteiger partial charge in [-0.15, -0.1) is 0 Å². The number of nitrogen functional groups attached to an aromatic ring is 1. The van der Waals surface area contributed by atoms with Gasteiger partial charge in [-0.25, -0.2) is 4.79 Å². The zero-order chi connectivity index (χ0) is 26.6. The number of carbonyl (C=O) groups excluding carboxylic acids is 2. The van der Waals surface area contributed by atoms with Crippen molar-refractivity contribution >= 4 is 17.6 Å². The van der Waals surface area contributed by atoms with Crippen LogP contribution >= 0.6 is 0 Å². The van der Waals surface area contributed by atoms with Crippen molar-refractivity contribution in [1.82, 2.24) is 0 Å². The number of hydrogen-bond donors (Lipinski definition) is 2. The Morgan fingerprint density at radius 1 is 0.947 bits per heavy atom. The first-order valence-electron chi connectivity index (χ1n) is 12.0. The Morgan fingerprint density at radius 3 is 2.21 bits per heavy atom. The summed E-state index contributed by atoms with van der Waals surface area (Å²) in [5.41, 5.74) is 8.67. The maximum absolute atomic E-state index is 13.2. The number of phenols is 1. The summed E-state index contributed by atoms with van der Waals surface area (Å²) in [6.45, 7) is 0.120. The summed E-state index contributed by atoms with van der Waals surface area (Å²) >= 11 is 0. The van der Waals surface area contributed by atoms with Crippen molar-refractivity contribution in [1.29, 1.82) is 0 Å². The molecule has 6 rings (SSSR count). The van der Waals surface area contributed by atoms with Crippen LogP contribution in [0.2, 0.25) is 0 Å². The van der Waals surface area contributed by atoms with Crippen LogP contribution in [0.25, 0.3) is 0 Å². The SMILES string of the molecule is COc1cc(C2c3cc4c(cc3C(OC(=O)c3ccc(N)cc3)C3COC(=O)C23)OCO4)cc(OC)c1O. The summed E-state index contributed by atoms with van der Waals surface area (Å²) < 4.78 is 33.6. The number of hydrogen-bond acceptors (Lipinski definition) is 10. The molecule has 3 aliphatic rings. The molecule has 0 bridgehead atoms. The van der Waals surface area contributed by atoms with Crippen molar-refractivity contribution in [2.45, 2.75) is 12.0 Å². The smallest absolute Gasteiger partial charge is 0.338 e. The van der Waals surface area contributed by atoms with E-state index in [9.17, 15) is 14.7 Å². The van der Waals surface area contributed by atoms with Crippen LogP contribution in [-0.4, -0.2) is 44.7 Å². The molecule has 38 heavy (non-hydrogen) atoms. The lowest BCUT2D eigenvalue weighted by Crippen LogP contribution is -2.36. The molecular formula is C28H25NO9. The number of nitrogens with two attached hydrogens (primary N) is 1. The molecule has 3 aromatic carbocycles. The van der Waals surface area contributed by atoms with Gasteiger partial charge in [0.1, 0.15) is 6.10 Å². The van der Waals surface area contributed by atoms with Crippen LogP contribution in [0.15, 0.2) is 48.5 Å². The lowest BCUT2D eigenvalue weighted by atomic mass is 9.66. The second kappa shape index (κ2) is 9.05. The van der Waals surface area contributed by atoms with E-state index in [1.54, 1.807) is 48.5 Å². The lowest BCUT2D eigenvalue weighted by Gasteiger charge is -2.38. The molecule has 4 atom stereocenters. The molecular weight excluding hydrogens is 494 g/mol. The Hall–Kier alpha value is -4.60. The highest BCUT2D eigenvalue weighted by Crippen LogP contribution is 2.56. The number of rotatable bonds is 5. The minimum absolute atomic E-state index is 0.0501. The summed E-state index contributed by atoms with van der Waals surface area (Å²) in [5.74, 6) is -1.40. The van der Waals surface area contributed by atoms with Gasteiger partial charge in [-0.05, 0) is 59.7 Å². The van der Waals surface area contributed by atoms with Gasteiger partial charge in [0.05, 0.1) is 32.3 Å². The third kappa shape index (κ3) is 3.71. The number of cyclic esters (lactones) is 1. The highest BCUT2D eigenvalue weighted by Gasteiger charge is 2.54. The Kier molecular flexibility index (Phi) is 5.67. The Bertz CT molecular complexity index is 1410. The highest BCUT2D eigenvalue weighted by molar-refractivity contribution is 5.90. The van der Waals surface area contributed by atoms with E-state index < -0.39 is 35.8 Å². The molecule has 1 fully saturated rings. The summed E-state index contributed by atoms with van der Waals surface area (Å²) in [6.07, 6.45) is -0.793. The van der Waals surface area contributed by atoms with Gasteiger partial charge in [0, 0.05) is 23.1 Å². The van der Waals surface area contributed by atoms with Gasteiger partial charge >= 0.3 is 11.9 Å². The van der Waals surface area contributed by atoms with Crippen molar-refractivity contribution in [3.63, 3.8) is 0 Å². The van der Waals surface area contributed by atoms with Gasteiger partial charge in [0.25, 0.3) is 0 Å². The zero-order valence-corrected chi connectivity index (χ0v) is 20.6. The molecule has 3 aromatic rings. The standard InChI is InChI=1S/C28H25NO9/c1-33-21-7-14(8-22(34-2)25(21)30)23-16-9-19-20(37-12-36-19)10-17(16)26(18-11-35-28(32)24(18)23)38-27(31)13-3-5-15(29)6-4-13/h3-10,18,23-24,26,30H,11-12,29H2,1-2H3. The molecule has 0 spiro atoms. The first-order valence-corrected chi connectivity index (χ1v) is 12.0. The summed E-state index contributed by atoms with van der Waals surface area (Å²) in [7, 11) is 2.87. The van der Waals surface area contributed by atoms with Gasteiger partial charge in [0.2, 0.25) is 12.5 Å². The van der Waals surface area contributed by atoms with Gasteiger partial charge in [-0.3, -0.25) is 4.79 Å². The molecule has 4 unspecified atom stereocenters. The van der Waals surface area contributed by atoms with E-state index in [-0.39, 0.29) is 30.6 Å². The third-order valence-corrected chi connectivity index (χ3v) is 7.36. The molecule has 0 saturated carbocycles. The van der Waals surface area contributed by atoms with Crippen LogP contribution in [0.1, 0.15) is 39.1 Å². The van der Waals surface area contributed by atoms with Crippen molar-refractivity contribution in [3.8, 4) is 28.7 Å². The van der Waals surface area contributed by atoms with E-state index in [1.807, 2.05) is 0 Å². The van der Waals surface area contributed by atoms with Crippen LogP contribution in [0.4, 0.5) is 5.69 Å². The minimum atomic E-state index is -0.793. The molecule has 1 saturated heterocycles. The van der Waals surface area contributed by atoms with Crippen molar-refractivity contribution in [3.05, 3.63) is 70.8 Å². The number of carbonyl (C=O) groups is 2. The molecule has 1 aliphatic carbocycles. The number of phenolic OH excluding ortho intramolecular Hbond substituents is 1. The second-order valence-corrected chi connectivity index (χ2v) is 9.35.